The number of hydrogen-bond acceptors (Lipinski definition) is 2. The maximum absolute atomic E-state index is 6.13. The molecule has 2 nitrogen and oxygen atoms in total. The second kappa shape index (κ2) is 7.96. The summed E-state index contributed by atoms with van der Waals surface area (Å²) in [6.07, 6.45) is 9.73. The van der Waals surface area contributed by atoms with E-state index in [4.69, 9.17) is 10.7 Å². The Labute approximate surface area is 139 Å². The molecule has 0 bridgehead atoms. The van der Waals surface area contributed by atoms with Crippen molar-refractivity contribution in [2.45, 2.75) is 44.6 Å². The first-order valence-electron chi connectivity index (χ1n) is 8.74. The molecule has 23 heavy (non-hydrogen) atoms. The zero-order valence-corrected chi connectivity index (χ0v) is 13.7. The molecule has 1 atom stereocenters. The van der Waals surface area contributed by atoms with Crippen molar-refractivity contribution in [3.05, 3.63) is 65.7 Å². The molecule has 0 aromatic heterocycles. The number of rotatable bonds is 5. The second-order valence-electron chi connectivity index (χ2n) is 6.53. The van der Waals surface area contributed by atoms with Crippen molar-refractivity contribution < 1.29 is 0 Å². The summed E-state index contributed by atoms with van der Waals surface area (Å²) < 4.78 is 0. The first-order valence-corrected chi connectivity index (χ1v) is 8.74. The first-order chi connectivity index (χ1) is 11.3. The zero-order chi connectivity index (χ0) is 15.9. The fourth-order valence-electron chi connectivity index (χ4n) is 3.37. The van der Waals surface area contributed by atoms with Crippen LogP contribution in [0.15, 0.2) is 59.6 Å². The van der Waals surface area contributed by atoms with Gasteiger partial charge in [-0.3, -0.25) is 4.99 Å². The molecular weight excluding hydrogens is 280 g/mol. The van der Waals surface area contributed by atoms with E-state index in [0.29, 0.717) is 5.92 Å². The molecule has 120 valence electrons. The number of anilines is 1. The topological polar surface area (TPSA) is 38.4 Å². The fraction of sp³-hybridized carbons (Fsp3) is 0.381. The Bertz CT molecular complexity index is 627. The maximum atomic E-state index is 6.13. The number of nitrogens with two attached hydrogens (primary N) is 1. The largest absolute Gasteiger partial charge is 0.399 e. The van der Waals surface area contributed by atoms with Crippen LogP contribution in [0.1, 0.15) is 49.3 Å². The van der Waals surface area contributed by atoms with Gasteiger partial charge in [-0.05, 0) is 36.0 Å². The second-order valence-corrected chi connectivity index (χ2v) is 6.53. The van der Waals surface area contributed by atoms with Crippen LogP contribution in [0.25, 0.3) is 0 Å². The molecule has 3 rings (SSSR count). The monoisotopic (exact) mass is 306 g/mol. The van der Waals surface area contributed by atoms with Crippen molar-refractivity contribution in [3.63, 3.8) is 0 Å². The zero-order valence-electron chi connectivity index (χ0n) is 13.7. The van der Waals surface area contributed by atoms with E-state index >= 15 is 0 Å². The summed E-state index contributed by atoms with van der Waals surface area (Å²) in [5.74, 6) is 0.656. The number of nitrogens with zero attached hydrogens (tertiary/aromatic N) is 1. The van der Waals surface area contributed by atoms with Gasteiger partial charge in [0.15, 0.2) is 0 Å². The summed E-state index contributed by atoms with van der Waals surface area (Å²) >= 11 is 0. The number of benzene rings is 2. The van der Waals surface area contributed by atoms with Crippen LogP contribution < -0.4 is 5.73 Å². The third-order valence-electron chi connectivity index (χ3n) is 4.78. The molecule has 1 aliphatic rings. The van der Waals surface area contributed by atoms with Crippen LogP contribution in [-0.2, 0) is 6.42 Å². The van der Waals surface area contributed by atoms with E-state index in [1.807, 2.05) is 12.1 Å². The van der Waals surface area contributed by atoms with Crippen molar-refractivity contribution in [1.82, 2.24) is 0 Å². The van der Waals surface area contributed by atoms with Gasteiger partial charge in [0, 0.05) is 18.3 Å². The van der Waals surface area contributed by atoms with Crippen molar-refractivity contribution in [2.24, 2.45) is 10.9 Å². The standard InChI is InChI=1S/C21H26N2/c22-20-14-8-7-13-19(20)15-21(18-11-5-2-6-12-18)23-16-17-9-3-1-4-10-17/h2,5-8,11-14,16-17,21H,1,3-4,9-10,15,22H2. The van der Waals surface area contributed by atoms with Gasteiger partial charge in [-0.1, -0.05) is 67.8 Å². The predicted octanol–water partition coefficient (Wildman–Crippen LogP) is 5.20. The quantitative estimate of drug-likeness (QED) is 0.598. The van der Waals surface area contributed by atoms with E-state index in [-0.39, 0.29) is 6.04 Å². The Balaban J connectivity index is 1.79. The average molecular weight is 306 g/mol. The molecule has 1 saturated carbocycles. The maximum Gasteiger partial charge on any atom is 0.0786 e. The average Bonchev–Trinajstić information content (AvgIpc) is 2.62. The highest BCUT2D eigenvalue weighted by atomic mass is 14.8. The van der Waals surface area contributed by atoms with Gasteiger partial charge in [0.25, 0.3) is 0 Å². The molecule has 2 aromatic rings. The van der Waals surface area contributed by atoms with Crippen LogP contribution >= 0.6 is 0 Å². The van der Waals surface area contributed by atoms with Crippen molar-refractivity contribution in [3.8, 4) is 0 Å². The van der Waals surface area contributed by atoms with E-state index in [1.165, 1.54) is 43.2 Å². The van der Waals surface area contributed by atoms with Crippen LogP contribution in [0.5, 0.6) is 0 Å². The molecule has 0 radical (unpaired) electrons. The van der Waals surface area contributed by atoms with Gasteiger partial charge in [0.1, 0.15) is 0 Å². The molecule has 1 unspecified atom stereocenters. The molecule has 0 amide bonds. The number of hydrogen-bond donors (Lipinski definition) is 1. The van der Waals surface area contributed by atoms with Crippen LogP contribution in [0.3, 0.4) is 0 Å². The highest BCUT2D eigenvalue weighted by Gasteiger charge is 2.15. The number of aliphatic imine (C=N–C) groups is 1. The molecule has 1 fully saturated rings. The van der Waals surface area contributed by atoms with Gasteiger partial charge in [-0.2, -0.15) is 0 Å². The summed E-state index contributed by atoms with van der Waals surface area (Å²) in [5.41, 5.74) is 9.45. The van der Waals surface area contributed by atoms with Gasteiger partial charge in [0.2, 0.25) is 0 Å². The van der Waals surface area contributed by atoms with Gasteiger partial charge < -0.3 is 5.73 Å². The van der Waals surface area contributed by atoms with Crippen molar-refractivity contribution in [2.75, 3.05) is 5.73 Å². The lowest BCUT2D eigenvalue weighted by Crippen LogP contribution is -2.09. The summed E-state index contributed by atoms with van der Waals surface area (Å²) in [7, 11) is 0. The predicted molar refractivity (Wildman–Crippen MR) is 98.8 cm³/mol. The Kier molecular flexibility index (Phi) is 5.46. The molecule has 2 N–H and O–H groups in total. The Morgan fingerprint density at radius 3 is 2.39 bits per heavy atom. The SMILES string of the molecule is Nc1ccccc1CC(N=CC1CCCCC1)c1ccccc1. The molecule has 1 aliphatic carbocycles. The molecule has 0 heterocycles. The van der Waals surface area contributed by atoms with Crippen LogP contribution in [-0.4, -0.2) is 6.21 Å². The van der Waals surface area contributed by atoms with Crippen LogP contribution in [0.4, 0.5) is 5.69 Å². The third kappa shape index (κ3) is 4.44. The van der Waals surface area contributed by atoms with E-state index < -0.39 is 0 Å². The Hall–Kier alpha value is -2.09. The molecular formula is C21H26N2. The molecule has 0 aliphatic heterocycles. The van der Waals surface area contributed by atoms with Gasteiger partial charge in [-0.25, -0.2) is 0 Å². The van der Waals surface area contributed by atoms with Gasteiger partial charge in [-0.15, -0.1) is 0 Å². The van der Waals surface area contributed by atoms with E-state index in [0.717, 1.165) is 12.1 Å². The highest BCUT2D eigenvalue weighted by molar-refractivity contribution is 5.61. The number of nitrogen functional groups attached to an aromatic ring is 1. The minimum Gasteiger partial charge on any atom is -0.399 e. The molecule has 2 heteroatoms. The lowest BCUT2D eigenvalue weighted by molar-refractivity contribution is 0.443. The van der Waals surface area contributed by atoms with E-state index in [9.17, 15) is 0 Å². The number of para-hydroxylation sites is 1. The highest BCUT2D eigenvalue weighted by Crippen LogP contribution is 2.27. The summed E-state index contributed by atoms with van der Waals surface area (Å²) in [5, 5.41) is 0. The Morgan fingerprint density at radius 2 is 1.65 bits per heavy atom. The van der Waals surface area contributed by atoms with Gasteiger partial charge in [0.05, 0.1) is 6.04 Å². The van der Waals surface area contributed by atoms with Crippen molar-refractivity contribution in [1.29, 1.82) is 0 Å². The smallest absolute Gasteiger partial charge is 0.0786 e. The molecule has 0 saturated heterocycles. The normalized spacial score (nSPS) is 17.4. The van der Waals surface area contributed by atoms with Crippen molar-refractivity contribution >= 4 is 11.9 Å². The minimum absolute atomic E-state index is 0.155. The fourth-order valence-corrected chi connectivity index (χ4v) is 3.37. The first kappa shape index (κ1) is 15.8. The lowest BCUT2D eigenvalue weighted by Gasteiger charge is -2.19. The van der Waals surface area contributed by atoms with Gasteiger partial charge >= 0.3 is 0 Å². The van der Waals surface area contributed by atoms with E-state index in [2.05, 4.69) is 48.7 Å². The summed E-state index contributed by atoms with van der Waals surface area (Å²) in [6.45, 7) is 0. The molecule has 2 aromatic carbocycles. The van der Waals surface area contributed by atoms with Crippen LogP contribution in [0, 0.1) is 5.92 Å². The summed E-state index contributed by atoms with van der Waals surface area (Å²) in [6, 6.07) is 18.9. The van der Waals surface area contributed by atoms with Crippen LogP contribution in [0.2, 0.25) is 0 Å². The Morgan fingerprint density at radius 1 is 0.957 bits per heavy atom. The van der Waals surface area contributed by atoms with E-state index in [1.54, 1.807) is 0 Å². The molecule has 0 spiro atoms. The summed E-state index contributed by atoms with van der Waals surface area (Å²) in [4.78, 5) is 4.97. The minimum atomic E-state index is 0.155. The third-order valence-corrected chi connectivity index (χ3v) is 4.78. The lowest BCUT2D eigenvalue weighted by atomic mass is 9.90.